The molecule has 2 aliphatic heterocycles. The van der Waals surface area contributed by atoms with Crippen molar-refractivity contribution in [3.8, 4) is 0 Å². The molecule has 0 spiro atoms. The molecule has 0 radical (unpaired) electrons. The fourth-order valence-electron chi connectivity index (χ4n) is 3.86. The van der Waals surface area contributed by atoms with Crippen LogP contribution in [0.4, 0.5) is 5.69 Å². The van der Waals surface area contributed by atoms with Gasteiger partial charge in [-0.2, -0.15) is 0 Å². The summed E-state index contributed by atoms with van der Waals surface area (Å²) in [4.78, 5) is 31.4. The summed E-state index contributed by atoms with van der Waals surface area (Å²) >= 11 is 1.53. The summed E-state index contributed by atoms with van der Waals surface area (Å²) in [7, 11) is 0. The van der Waals surface area contributed by atoms with E-state index in [2.05, 4.69) is 22.4 Å². The second kappa shape index (κ2) is 6.16. The quantitative estimate of drug-likeness (QED) is 0.678. The number of H-pyrrole nitrogens is 1. The second-order valence-corrected chi connectivity index (χ2v) is 8.45. The van der Waals surface area contributed by atoms with Crippen molar-refractivity contribution in [2.45, 2.75) is 30.0 Å². The molecule has 5 nitrogen and oxygen atoms in total. The smallest absolute Gasteiger partial charge is 0.254 e. The topological polar surface area (TPSA) is 65.2 Å². The van der Waals surface area contributed by atoms with Gasteiger partial charge in [-0.1, -0.05) is 18.2 Å². The zero-order valence-corrected chi connectivity index (χ0v) is 15.7. The number of thioether (sulfide) groups is 1. The molecular weight excluding hydrogens is 358 g/mol. The standard InChI is InChI=1S/C21H19N3O2S/c1-12-20(25)23-18-10-13(6-7-19(18)27-12)21(26)24-9-8-17-15(11-24)14-4-2-3-5-16(14)22-17/h2-7,10,12,22H,8-9,11H2,1H3,(H,23,25)/t12-/m0/s1. The van der Waals surface area contributed by atoms with Gasteiger partial charge in [0.05, 0.1) is 10.9 Å². The van der Waals surface area contributed by atoms with Crippen molar-refractivity contribution in [3.05, 3.63) is 59.3 Å². The number of amides is 2. The van der Waals surface area contributed by atoms with E-state index in [1.807, 2.05) is 36.1 Å². The SMILES string of the molecule is C[C@@H]1Sc2ccc(C(=O)N3CCc4[nH]c5ccccc5c4C3)cc2NC1=O. The van der Waals surface area contributed by atoms with E-state index in [9.17, 15) is 9.59 Å². The molecule has 3 aromatic rings. The molecule has 2 aliphatic rings. The van der Waals surface area contributed by atoms with E-state index >= 15 is 0 Å². The lowest BCUT2D eigenvalue weighted by molar-refractivity contribution is -0.115. The first-order valence-electron chi connectivity index (χ1n) is 9.09. The lowest BCUT2D eigenvalue weighted by atomic mass is 10.0. The van der Waals surface area contributed by atoms with E-state index in [4.69, 9.17) is 0 Å². The molecule has 2 aromatic carbocycles. The first-order valence-corrected chi connectivity index (χ1v) is 9.97. The minimum Gasteiger partial charge on any atom is -0.358 e. The molecule has 1 atom stereocenters. The van der Waals surface area contributed by atoms with Crippen LogP contribution >= 0.6 is 11.8 Å². The monoisotopic (exact) mass is 377 g/mol. The van der Waals surface area contributed by atoms with Gasteiger partial charge < -0.3 is 15.2 Å². The van der Waals surface area contributed by atoms with Crippen LogP contribution in [0.2, 0.25) is 0 Å². The summed E-state index contributed by atoms with van der Waals surface area (Å²) in [6.07, 6.45) is 0.824. The Morgan fingerprint density at radius 1 is 1.22 bits per heavy atom. The Kier molecular flexibility index (Phi) is 3.75. The molecule has 0 aliphatic carbocycles. The van der Waals surface area contributed by atoms with Gasteiger partial charge in [0, 0.05) is 52.1 Å². The molecule has 1 aromatic heterocycles. The Bertz CT molecular complexity index is 1090. The third-order valence-electron chi connectivity index (χ3n) is 5.33. The molecule has 27 heavy (non-hydrogen) atoms. The Labute approximate surface area is 161 Å². The van der Waals surface area contributed by atoms with Crippen LogP contribution in [0.25, 0.3) is 10.9 Å². The maximum Gasteiger partial charge on any atom is 0.254 e. The van der Waals surface area contributed by atoms with E-state index in [1.165, 1.54) is 28.4 Å². The number of anilines is 1. The number of hydrogen-bond acceptors (Lipinski definition) is 3. The number of fused-ring (bicyclic) bond motifs is 4. The van der Waals surface area contributed by atoms with Crippen LogP contribution in [0.3, 0.4) is 0 Å². The van der Waals surface area contributed by atoms with E-state index < -0.39 is 0 Å². The summed E-state index contributed by atoms with van der Waals surface area (Å²) in [6, 6.07) is 13.8. The Balaban J connectivity index is 1.44. The fraction of sp³-hybridized carbons (Fsp3) is 0.238. The van der Waals surface area contributed by atoms with Crippen molar-refractivity contribution in [1.29, 1.82) is 0 Å². The maximum absolute atomic E-state index is 13.1. The van der Waals surface area contributed by atoms with Gasteiger partial charge in [0.1, 0.15) is 0 Å². The largest absolute Gasteiger partial charge is 0.358 e. The maximum atomic E-state index is 13.1. The van der Waals surface area contributed by atoms with E-state index in [-0.39, 0.29) is 17.1 Å². The molecule has 5 rings (SSSR count). The van der Waals surface area contributed by atoms with Crippen LogP contribution in [-0.4, -0.2) is 33.5 Å². The Morgan fingerprint density at radius 2 is 2.07 bits per heavy atom. The van der Waals surface area contributed by atoms with Crippen LogP contribution in [0.5, 0.6) is 0 Å². The normalized spacial score (nSPS) is 18.8. The number of rotatable bonds is 1. The molecule has 0 saturated heterocycles. The number of carbonyl (C=O) groups excluding carboxylic acids is 2. The zero-order valence-electron chi connectivity index (χ0n) is 14.9. The molecule has 3 heterocycles. The van der Waals surface area contributed by atoms with E-state index in [0.29, 0.717) is 18.7 Å². The van der Waals surface area contributed by atoms with Crippen molar-refractivity contribution in [3.63, 3.8) is 0 Å². The van der Waals surface area contributed by atoms with Gasteiger partial charge in [0.25, 0.3) is 5.91 Å². The highest BCUT2D eigenvalue weighted by Crippen LogP contribution is 2.36. The number of nitrogens with one attached hydrogen (secondary N) is 2. The third kappa shape index (κ3) is 2.72. The molecule has 6 heteroatoms. The summed E-state index contributed by atoms with van der Waals surface area (Å²) in [5, 5.41) is 3.99. The highest BCUT2D eigenvalue weighted by molar-refractivity contribution is 8.00. The Hall–Kier alpha value is -2.73. The highest BCUT2D eigenvalue weighted by Gasteiger charge is 2.27. The zero-order chi connectivity index (χ0) is 18.5. The first kappa shape index (κ1) is 16.4. The van der Waals surface area contributed by atoms with Gasteiger partial charge in [-0.05, 0) is 31.2 Å². The van der Waals surface area contributed by atoms with Crippen molar-refractivity contribution in [2.75, 3.05) is 11.9 Å². The number of para-hydroxylation sites is 1. The minimum atomic E-state index is -0.110. The number of aromatic nitrogens is 1. The third-order valence-corrected chi connectivity index (χ3v) is 6.50. The Morgan fingerprint density at radius 3 is 2.96 bits per heavy atom. The van der Waals surface area contributed by atoms with Crippen LogP contribution in [0, 0.1) is 0 Å². The molecule has 2 N–H and O–H groups in total. The van der Waals surface area contributed by atoms with Gasteiger partial charge in [-0.15, -0.1) is 11.8 Å². The molecule has 0 bridgehead atoms. The number of hydrogen-bond donors (Lipinski definition) is 2. The number of nitrogens with zero attached hydrogens (tertiary/aromatic N) is 1. The lowest BCUT2D eigenvalue weighted by Gasteiger charge is -2.28. The second-order valence-electron chi connectivity index (χ2n) is 7.06. The van der Waals surface area contributed by atoms with Gasteiger partial charge in [0.2, 0.25) is 5.91 Å². The van der Waals surface area contributed by atoms with Crippen molar-refractivity contribution >= 4 is 40.2 Å². The van der Waals surface area contributed by atoms with Crippen molar-refractivity contribution in [2.24, 2.45) is 0 Å². The van der Waals surface area contributed by atoms with Gasteiger partial charge in [-0.3, -0.25) is 9.59 Å². The number of benzene rings is 2. The van der Waals surface area contributed by atoms with Crippen LogP contribution < -0.4 is 5.32 Å². The molecule has 0 unspecified atom stereocenters. The predicted octanol–water partition coefficient (Wildman–Crippen LogP) is 3.80. The van der Waals surface area contributed by atoms with Gasteiger partial charge in [0.15, 0.2) is 0 Å². The van der Waals surface area contributed by atoms with Gasteiger partial charge >= 0.3 is 0 Å². The average Bonchev–Trinajstić information content (AvgIpc) is 3.06. The molecule has 0 saturated carbocycles. The molecule has 136 valence electrons. The number of carbonyl (C=O) groups is 2. The summed E-state index contributed by atoms with van der Waals surface area (Å²) < 4.78 is 0. The van der Waals surface area contributed by atoms with E-state index in [1.54, 1.807) is 6.07 Å². The minimum absolute atomic E-state index is 0.00611. The van der Waals surface area contributed by atoms with Crippen LogP contribution in [0.15, 0.2) is 47.4 Å². The van der Waals surface area contributed by atoms with E-state index in [0.717, 1.165) is 22.5 Å². The first-order chi connectivity index (χ1) is 13.1. The summed E-state index contributed by atoms with van der Waals surface area (Å²) in [5.41, 5.74) is 4.91. The molecule has 2 amide bonds. The predicted molar refractivity (Wildman–Crippen MR) is 107 cm³/mol. The van der Waals surface area contributed by atoms with Crippen LogP contribution in [0.1, 0.15) is 28.5 Å². The molecule has 0 fully saturated rings. The molecular formula is C21H19N3O2S. The van der Waals surface area contributed by atoms with Gasteiger partial charge in [-0.25, -0.2) is 0 Å². The summed E-state index contributed by atoms with van der Waals surface area (Å²) in [5.74, 6) is -0.00916. The van der Waals surface area contributed by atoms with Crippen LogP contribution in [-0.2, 0) is 17.8 Å². The lowest BCUT2D eigenvalue weighted by Crippen LogP contribution is -2.36. The average molecular weight is 377 g/mol. The van der Waals surface area contributed by atoms with Crippen molar-refractivity contribution in [1.82, 2.24) is 9.88 Å². The summed E-state index contributed by atoms with van der Waals surface area (Å²) in [6.45, 7) is 3.18. The number of aromatic amines is 1. The fourth-order valence-corrected chi connectivity index (χ4v) is 4.79. The highest BCUT2D eigenvalue weighted by atomic mass is 32.2. The van der Waals surface area contributed by atoms with Crippen molar-refractivity contribution < 1.29 is 9.59 Å².